The summed E-state index contributed by atoms with van der Waals surface area (Å²) < 4.78 is 3.33. The lowest BCUT2D eigenvalue weighted by Gasteiger charge is -2.14. The lowest BCUT2D eigenvalue weighted by molar-refractivity contribution is -0.138. The molecule has 0 aliphatic heterocycles. The third kappa shape index (κ3) is 2.22. The summed E-state index contributed by atoms with van der Waals surface area (Å²) in [6.07, 6.45) is 3.93. The summed E-state index contributed by atoms with van der Waals surface area (Å²) >= 11 is 0. The van der Waals surface area contributed by atoms with Crippen molar-refractivity contribution in [2.75, 3.05) is 0 Å². The van der Waals surface area contributed by atoms with E-state index in [1.807, 2.05) is 14.0 Å². The molecule has 1 atom stereocenters. The Morgan fingerprint density at radius 1 is 1.56 bits per heavy atom. The van der Waals surface area contributed by atoms with E-state index in [1.54, 1.807) is 21.8 Å². The smallest absolute Gasteiger partial charge is 0.305 e. The summed E-state index contributed by atoms with van der Waals surface area (Å²) in [5, 5.41) is 20.3. The van der Waals surface area contributed by atoms with Gasteiger partial charge in [0.15, 0.2) is 0 Å². The molecule has 2 aromatic heterocycles. The molecule has 8 nitrogen and oxygen atoms in total. The van der Waals surface area contributed by atoms with E-state index in [1.165, 1.54) is 0 Å². The zero-order chi connectivity index (χ0) is 13.1. The average molecular weight is 250 g/mol. The maximum absolute atomic E-state index is 10.8. The van der Waals surface area contributed by atoms with Crippen LogP contribution in [0, 0.1) is 0 Å². The van der Waals surface area contributed by atoms with Crippen molar-refractivity contribution in [3.8, 4) is 11.5 Å². The SMILES string of the molecule is CCC(CC(=O)O)n1nnnc1-c1cncn1C. The van der Waals surface area contributed by atoms with Gasteiger partial charge in [0, 0.05) is 7.05 Å². The number of tetrazole rings is 1. The van der Waals surface area contributed by atoms with Gasteiger partial charge in [0.05, 0.1) is 25.0 Å². The number of carbonyl (C=O) groups is 1. The van der Waals surface area contributed by atoms with Gasteiger partial charge >= 0.3 is 5.97 Å². The van der Waals surface area contributed by atoms with Gasteiger partial charge in [-0.15, -0.1) is 5.10 Å². The van der Waals surface area contributed by atoms with Crippen LogP contribution in [0.2, 0.25) is 0 Å². The summed E-state index contributed by atoms with van der Waals surface area (Å²) in [5.74, 6) is -0.337. The van der Waals surface area contributed by atoms with Crippen LogP contribution in [0.15, 0.2) is 12.5 Å². The number of hydrogen-bond donors (Lipinski definition) is 1. The Kier molecular flexibility index (Phi) is 3.35. The van der Waals surface area contributed by atoms with Crippen LogP contribution >= 0.6 is 0 Å². The van der Waals surface area contributed by atoms with Gasteiger partial charge in [0.1, 0.15) is 5.69 Å². The Morgan fingerprint density at radius 2 is 2.33 bits per heavy atom. The first kappa shape index (κ1) is 12.2. The van der Waals surface area contributed by atoms with E-state index in [-0.39, 0.29) is 12.5 Å². The van der Waals surface area contributed by atoms with E-state index < -0.39 is 5.97 Å². The van der Waals surface area contributed by atoms with Crippen molar-refractivity contribution >= 4 is 5.97 Å². The van der Waals surface area contributed by atoms with E-state index in [9.17, 15) is 4.79 Å². The van der Waals surface area contributed by atoms with Crippen LogP contribution in [0.1, 0.15) is 25.8 Å². The number of carboxylic acid groups (broad SMARTS) is 1. The van der Waals surface area contributed by atoms with Gasteiger partial charge in [0.25, 0.3) is 0 Å². The number of aliphatic carboxylic acids is 1. The molecular weight excluding hydrogens is 236 g/mol. The number of imidazole rings is 1. The molecule has 1 N–H and O–H groups in total. The molecule has 0 aromatic carbocycles. The molecule has 96 valence electrons. The van der Waals surface area contributed by atoms with E-state index in [2.05, 4.69) is 20.5 Å². The molecule has 0 fully saturated rings. The van der Waals surface area contributed by atoms with Crippen LogP contribution < -0.4 is 0 Å². The molecule has 8 heteroatoms. The van der Waals surface area contributed by atoms with Crippen molar-refractivity contribution in [2.45, 2.75) is 25.8 Å². The topological polar surface area (TPSA) is 98.7 Å². The van der Waals surface area contributed by atoms with Crippen molar-refractivity contribution in [3.63, 3.8) is 0 Å². The van der Waals surface area contributed by atoms with Crippen LogP contribution in [0.3, 0.4) is 0 Å². The fourth-order valence-electron chi connectivity index (χ4n) is 1.79. The van der Waals surface area contributed by atoms with Crippen LogP contribution in [0.5, 0.6) is 0 Å². The van der Waals surface area contributed by atoms with Gasteiger partial charge < -0.3 is 9.67 Å². The third-order valence-electron chi connectivity index (χ3n) is 2.77. The predicted molar refractivity (Wildman–Crippen MR) is 61.6 cm³/mol. The Bertz CT molecular complexity index is 546. The number of aromatic nitrogens is 6. The maximum atomic E-state index is 10.8. The zero-order valence-electron chi connectivity index (χ0n) is 10.2. The fourth-order valence-corrected chi connectivity index (χ4v) is 1.79. The standard InChI is InChI=1S/C10H14N6O2/c1-3-7(4-9(17)18)16-10(12-13-14-16)8-5-11-6-15(8)2/h5-7H,3-4H2,1-2H3,(H,17,18). The Morgan fingerprint density at radius 3 is 2.89 bits per heavy atom. The molecule has 0 saturated heterocycles. The van der Waals surface area contributed by atoms with E-state index in [0.717, 1.165) is 5.69 Å². The molecule has 0 bridgehead atoms. The fraction of sp³-hybridized carbons (Fsp3) is 0.500. The highest BCUT2D eigenvalue weighted by Gasteiger charge is 2.21. The molecule has 0 spiro atoms. The van der Waals surface area contributed by atoms with E-state index in [4.69, 9.17) is 5.11 Å². The summed E-state index contributed by atoms with van der Waals surface area (Å²) in [5.41, 5.74) is 0.754. The minimum atomic E-state index is -0.867. The van der Waals surface area contributed by atoms with Crippen molar-refractivity contribution in [3.05, 3.63) is 12.5 Å². The zero-order valence-corrected chi connectivity index (χ0v) is 10.2. The van der Waals surface area contributed by atoms with Gasteiger partial charge in [-0.1, -0.05) is 6.92 Å². The first-order valence-electron chi connectivity index (χ1n) is 5.59. The van der Waals surface area contributed by atoms with Gasteiger partial charge in [-0.05, 0) is 16.8 Å². The number of rotatable bonds is 5. The molecule has 18 heavy (non-hydrogen) atoms. The lowest BCUT2D eigenvalue weighted by atomic mass is 10.1. The molecule has 0 aliphatic carbocycles. The van der Waals surface area contributed by atoms with Crippen LogP contribution in [0.4, 0.5) is 0 Å². The normalized spacial score (nSPS) is 12.6. The van der Waals surface area contributed by atoms with Crippen molar-refractivity contribution in [2.24, 2.45) is 7.05 Å². The quantitative estimate of drug-likeness (QED) is 0.829. The lowest BCUT2D eigenvalue weighted by Crippen LogP contribution is -2.16. The molecule has 2 rings (SSSR count). The van der Waals surface area contributed by atoms with E-state index >= 15 is 0 Å². The predicted octanol–water partition coefficient (Wildman–Crippen LogP) is 0.499. The monoisotopic (exact) mass is 250 g/mol. The average Bonchev–Trinajstić information content (AvgIpc) is 2.93. The second kappa shape index (κ2) is 4.94. The molecular formula is C10H14N6O2. The van der Waals surface area contributed by atoms with Crippen molar-refractivity contribution in [1.82, 2.24) is 29.8 Å². The summed E-state index contributed by atoms with van der Waals surface area (Å²) in [6.45, 7) is 1.91. The molecule has 0 aliphatic rings. The largest absolute Gasteiger partial charge is 0.481 e. The van der Waals surface area contributed by atoms with Gasteiger partial charge in [-0.2, -0.15) is 0 Å². The van der Waals surface area contributed by atoms with Crippen molar-refractivity contribution in [1.29, 1.82) is 0 Å². The number of aryl methyl sites for hydroxylation is 1. The number of carboxylic acids is 1. The first-order valence-corrected chi connectivity index (χ1v) is 5.59. The van der Waals surface area contributed by atoms with Crippen molar-refractivity contribution < 1.29 is 9.90 Å². The minimum absolute atomic E-state index is 0.00755. The number of hydrogen-bond acceptors (Lipinski definition) is 5. The molecule has 2 heterocycles. The molecule has 2 aromatic rings. The Labute approximate surface area is 103 Å². The van der Waals surface area contributed by atoms with Crippen LogP contribution in [0.25, 0.3) is 11.5 Å². The molecule has 0 saturated carbocycles. The van der Waals surface area contributed by atoms with Crippen LogP contribution in [-0.2, 0) is 11.8 Å². The maximum Gasteiger partial charge on any atom is 0.305 e. The first-order chi connectivity index (χ1) is 8.63. The second-order valence-electron chi connectivity index (χ2n) is 4.00. The highest BCUT2D eigenvalue weighted by atomic mass is 16.4. The molecule has 0 radical (unpaired) electrons. The highest BCUT2D eigenvalue weighted by molar-refractivity contribution is 5.67. The van der Waals surface area contributed by atoms with Crippen LogP contribution in [-0.4, -0.2) is 40.8 Å². The van der Waals surface area contributed by atoms with Gasteiger partial charge in [0.2, 0.25) is 5.82 Å². The number of nitrogens with zero attached hydrogens (tertiary/aromatic N) is 6. The van der Waals surface area contributed by atoms with Gasteiger partial charge in [-0.3, -0.25) is 4.79 Å². The Balaban J connectivity index is 2.38. The van der Waals surface area contributed by atoms with E-state index in [0.29, 0.717) is 12.2 Å². The summed E-state index contributed by atoms with van der Waals surface area (Å²) in [6, 6.07) is -0.262. The Hall–Kier alpha value is -2.25. The third-order valence-corrected chi connectivity index (χ3v) is 2.77. The summed E-state index contributed by atoms with van der Waals surface area (Å²) in [4.78, 5) is 14.8. The second-order valence-corrected chi connectivity index (χ2v) is 4.00. The summed E-state index contributed by atoms with van der Waals surface area (Å²) in [7, 11) is 1.83. The molecule has 1 unspecified atom stereocenters. The highest BCUT2D eigenvalue weighted by Crippen LogP contribution is 2.22. The minimum Gasteiger partial charge on any atom is -0.481 e. The van der Waals surface area contributed by atoms with Gasteiger partial charge in [-0.25, -0.2) is 9.67 Å². The molecule has 0 amide bonds.